The molecule has 0 aromatic heterocycles. The molecule has 1 amide bonds. The third kappa shape index (κ3) is 4.03. The van der Waals surface area contributed by atoms with Crippen molar-refractivity contribution in [2.45, 2.75) is 38.2 Å². The Morgan fingerprint density at radius 1 is 1.45 bits per heavy atom. The van der Waals surface area contributed by atoms with E-state index in [1.165, 1.54) is 6.07 Å². The van der Waals surface area contributed by atoms with E-state index in [0.29, 0.717) is 31.4 Å². The molecule has 5 heteroatoms. The Morgan fingerprint density at radius 2 is 2.25 bits per heavy atom. The third-order valence-corrected chi connectivity index (χ3v) is 4.25. The Hall–Kier alpha value is -0.940. The Morgan fingerprint density at radius 3 is 2.90 bits per heavy atom. The molecule has 0 saturated heterocycles. The molecule has 2 N–H and O–H groups in total. The standard InChI is InChI=1S/C15H19BrFNO2/c16-11-7-6-10(13(17)9-11)3-2-8-18-15(20)12-4-1-5-14(12)19/h6-7,9,12,14,19H,1-5,8H2,(H,18,20). The van der Waals surface area contributed by atoms with Crippen LogP contribution in [0.2, 0.25) is 0 Å². The molecule has 1 aromatic rings. The van der Waals surface area contributed by atoms with Gasteiger partial charge in [0.1, 0.15) is 5.82 Å². The lowest BCUT2D eigenvalue weighted by molar-refractivity contribution is -0.127. The first kappa shape index (κ1) is 15.4. The second-order valence-electron chi connectivity index (χ2n) is 5.24. The van der Waals surface area contributed by atoms with Gasteiger partial charge < -0.3 is 10.4 Å². The summed E-state index contributed by atoms with van der Waals surface area (Å²) in [7, 11) is 0. The highest BCUT2D eigenvalue weighted by Gasteiger charge is 2.30. The van der Waals surface area contributed by atoms with Crippen LogP contribution in [0.4, 0.5) is 4.39 Å². The van der Waals surface area contributed by atoms with Crippen molar-refractivity contribution in [3.63, 3.8) is 0 Å². The molecule has 0 heterocycles. The first-order chi connectivity index (χ1) is 9.58. The van der Waals surface area contributed by atoms with E-state index in [2.05, 4.69) is 21.2 Å². The van der Waals surface area contributed by atoms with Gasteiger partial charge in [-0.3, -0.25) is 4.79 Å². The summed E-state index contributed by atoms with van der Waals surface area (Å²) >= 11 is 3.22. The van der Waals surface area contributed by atoms with Crippen molar-refractivity contribution in [2.24, 2.45) is 5.92 Å². The maximum atomic E-state index is 13.6. The molecule has 2 rings (SSSR count). The first-order valence-corrected chi connectivity index (χ1v) is 7.77. The maximum absolute atomic E-state index is 13.6. The van der Waals surface area contributed by atoms with Crippen molar-refractivity contribution in [1.82, 2.24) is 5.32 Å². The molecule has 1 saturated carbocycles. The average molecular weight is 344 g/mol. The SMILES string of the molecule is O=C(NCCCc1ccc(Br)cc1F)C1CCCC1O. The van der Waals surface area contributed by atoms with Gasteiger partial charge in [0.05, 0.1) is 12.0 Å². The van der Waals surface area contributed by atoms with E-state index in [1.807, 2.05) is 6.07 Å². The van der Waals surface area contributed by atoms with Gasteiger partial charge in [-0.15, -0.1) is 0 Å². The summed E-state index contributed by atoms with van der Waals surface area (Å²) in [6.45, 7) is 0.511. The van der Waals surface area contributed by atoms with Crippen LogP contribution in [0.3, 0.4) is 0 Å². The van der Waals surface area contributed by atoms with Crippen LogP contribution in [-0.2, 0) is 11.2 Å². The number of carbonyl (C=O) groups is 1. The maximum Gasteiger partial charge on any atom is 0.225 e. The van der Waals surface area contributed by atoms with Gasteiger partial charge in [-0.05, 0) is 49.8 Å². The van der Waals surface area contributed by atoms with Crippen molar-refractivity contribution >= 4 is 21.8 Å². The van der Waals surface area contributed by atoms with E-state index < -0.39 is 6.10 Å². The van der Waals surface area contributed by atoms with Crippen molar-refractivity contribution in [3.8, 4) is 0 Å². The normalized spacial score (nSPS) is 21.9. The van der Waals surface area contributed by atoms with Crippen LogP contribution in [0.5, 0.6) is 0 Å². The molecule has 0 radical (unpaired) electrons. The van der Waals surface area contributed by atoms with E-state index in [9.17, 15) is 14.3 Å². The third-order valence-electron chi connectivity index (χ3n) is 3.75. The van der Waals surface area contributed by atoms with E-state index in [1.54, 1.807) is 6.07 Å². The Bertz CT molecular complexity index is 481. The predicted molar refractivity (Wildman–Crippen MR) is 78.8 cm³/mol. The molecule has 20 heavy (non-hydrogen) atoms. The lowest BCUT2D eigenvalue weighted by atomic mass is 10.0. The van der Waals surface area contributed by atoms with Gasteiger partial charge in [0, 0.05) is 11.0 Å². The summed E-state index contributed by atoms with van der Waals surface area (Å²) in [6, 6.07) is 5.01. The van der Waals surface area contributed by atoms with Crippen molar-refractivity contribution in [1.29, 1.82) is 0 Å². The van der Waals surface area contributed by atoms with Gasteiger partial charge in [0.25, 0.3) is 0 Å². The van der Waals surface area contributed by atoms with E-state index >= 15 is 0 Å². The molecular weight excluding hydrogens is 325 g/mol. The topological polar surface area (TPSA) is 49.3 Å². The van der Waals surface area contributed by atoms with Gasteiger partial charge in [-0.2, -0.15) is 0 Å². The predicted octanol–water partition coefficient (Wildman–Crippen LogP) is 2.80. The molecule has 1 aromatic carbocycles. The number of rotatable bonds is 5. The number of aliphatic hydroxyl groups excluding tert-OH is 1. The molecule has 1 fully saturated rings. The van der Waals surface area contributed by atoms with Crippen molar-refractivity contribution < 1.29 is 14.3 Å². The zero-order valence-corrected chi connectivity index (χ0v) is 12.8. The van der Waals surface area contributed by atoms with Crippen LogP contribution >= 0.6 is 15.9 Å². The summed E-state index contributed by atoms with van der Waals surface area (Å²) in [5.41, 5.74) is 0.656. The van der Waals surface area contributed by atoms with Gasteiger partial charge in [0.15, 0.2) is 0 Å². The van der Waals surface area contributed by atoms with E-state index in [-0.39, 0.29) is 17.6 Å². The lowest BCUT2D eigenvalue weighted by Crippen LogP contribution is -2.35. The minimum atomic E-state index is -0.501. The quantitative estimate of drug-likeness (QED) is 0.807. The molecule has 0 bridgehead atoms. The minimum Gasteiger partial charge on any atom is -0.392 e. The number of hydrogen-bond acceptors (Lipinski definition) is 2. The number of carbonyl (C=O) groups excluding carboxylic acids is 1. The highest BCUT2D eigenvalue weighted by molar-refractivity contribution is 9.10. The summed E-state index contributed by atoms with van der Waals surface area (Å²) in [6.07, 6.45) is 3.15. The highest BCUT2D eigenvalue weighted by atomic mass is 79.9. The number of benzene rings is 1. The fourth-order valence-corrected chi connectivity index (χ4v) is 2.93. The minimum absolute atomic E-state index is 0.0775. The van der Waals surface area contributed by atoms with E-state index in [4.69, 9.17) is 0 Å². The molecule has 110 valence electrons. The van der Waals surface area contributed by atoms with Crippen molar-refractivity contribution in [3.05, 3.63) is 34.1 Å². The molecule has 2 atom stereocenters. The Balaban J connectivity index is 1.72. The van der Waals surface area contributed by atoms with Crippen LogP contribution < -0.4 is 5.32 Å². The zero-order valence-electron chi connectivity index (χ0n) is 11.2. The van der Waals surface area contributed by atoms with Gasteiger partial charge >= 0.3 is 0 Å². The smallest absolute Gasteiger partial charge is 0.225 e. The average Bonchev–Trinajstić information content (AvgIpc) is 2.83. The number of aliphatic hydroxyl groups is 1. The van der Waals surface area contributed by atoms with Gasteiger partial charge in [-0.1, -0.05) is 22.0 Å². The Labute approximate surface area is 126 Å². The lowest BCUT2D eigenvalue weighted by Gasteiger charge is -2.14. The zero-order chi connectivity index (χ0) is 14.5. The largest absolute Gasteiger partial charge is 0.392 e. The number of hydrogen-bond donors (Lipinski definition) is 2. The fraction of sp³-hybridized carbons (Fsp3) is 0.533. The molecule has 1 aliphatic carbocycles. The van der Waals surface area contributed by atoms with Gasteiger partial charge in [0.2, 0.25) is 5.91 Å². The number of halogens is 2. The fourth-order valence-electron chi connectivity index (χ4n) is 2.59. The first-order valence-electron chi connectivity index (χ1n) is 6.97. The van der Waals surface area contributed by atoms with Gasteiger partial charge in [-0.25, -0.2) is 4.39 Å². The monoisotopic (exact) mass is 343 g/mol. The molecule has 3 nitrogen and oxygen atoms in total. The summed E-state index contributed by atoms with van der Waals surface area (Å²) in [5.74, 6) is -0.567. The summed E-state index contributed by atoms with van der Waals surface area (Å²) in [5, 5.41) is 12.5. The Kier molecular flexibility index (Phi) is 5.54. The second-order valence-corrected chi connectivity index (χ2v) is 6.15. The number of nitrogens with one attached hydrogen (secondary N) is 1. The van der Waals surface area contributed by atoms with Crippen LogP contribution in [0, 0.1) is 11.7 Å². The van der Waals surface area contributed by atoms with Crippen LogP contribution in [0.1, 0.15) is 31.2 Å². The van der Waals surface area contributed by atoms with Crippen LogP contribution in [0.15, 0.2) is 22.7 Å². The number of amides is 1. The molecule has 0 aliphatic heterocycles. The summed E-state index contributed by atoms with van der Waals surface area (Å²) in [4.78, 5) is 11.8. The van der Waals surface area contributed by atoms with E-state index in [0.717, 1.165) is 17.3 Å². The van der Waals surface area contributed by atoms with Crippen LogP contribution in [0.25, 0.3) is 0 Å². The molecular formula is C15H19BrFNO2. The number of aryl methyl sites for hydroxylation is 1. The molecule has 2 unspecified atom stereocenters. The second kappa shape index (κ2) is 7.18. The highest BCUT2D eigenvalue weighted by Crippen LogP contribution is 2.25. The molecule has 1 aliphatic rings. The van der Waals surface area contributed by atoms with Crippen LogP contribution in [-0.4, -0.2) is 23.7 Å². The summed E-state index contributed by atoms with van der Waals surface area (Å²) < 4.78 is 14.3. The molecule has 0 spiro atoms. The van der Waals surface area contributed by atoms with Crippen molar-refractivity contribution in [2.75, 3.05) is 6.54 Å².